The van der Waals surface area contributed by atoms with Crippen LogP contribution in [-0.2, 0) is 42.2 Å². The Morgan fingerprint density at radius 2 is 1.47 bits per heavy atom. The van der Waals surface area contributed by atoms with E-state index in [1.54, 1.807) is 9.80 Å². The summed E-state index contributed by atoms with van der Waals surface area (Å²) < 4.78 is 15.0. The average Bonchev–Trinajstić information content (AvgIpc) is 4.06. The Morgan fingerprint density at radius 1 is 0.847 bits per heavy atom. The number of benzene rings is 2. The highest BCUT2D eigenvalue weighted by Gasteiger charge is 2.47. The van der Waals surface area contributed by atoms with Crippen molar-refractivity contribution in [3.05, 3.63) is 59.0 Å². The molecule has 5 aliphatic rings. The van der Waals surface area contributed by atoms with Gasteiger partial charge in [0.25, 0.3) is 0 Å². The second kappa shape index (κ2) is 19.1. The molecule has 3 fully saturated rings. The summed E-state index contributed by atoms with van der Waals surface area (Å²) in [7, 11) is 2.55. The number of nitrogens with one attached hydrogen (secondary N) is 4. The Balaban J connectivity index is 0.00000142. The third-order valence-corrected chi connectivity index (χ3v) is 11.8. The van der Waals surface area contributed by atoms with E-state index in [2.05, 4.69) is 67.7 Å². The van der Waals surface area contributed by atoms with E-state index in [0.29, 0.717) is 32.2 Å². The SMILES string of the molecule is CC.CC.COC(=O)NCC(=O)N1CCC[C@H]1C1=NC2(COC2)c2ccc(-c3ccc(-c4cnc([C@@H]5CCCN5C(=O)CNC(=O)OC)[nH]4)c4c3CC(C)CC4)cc2N1. The number of amides is 4. The van der Waals surface area contributed by atoms with Crippen molar-refractivity contribution in [2.75, 3.05) is 58.9 Å². The number of H-pyrrole nitrogens is 1. The van der Waals surface area contributed by atoms with Gasteiger partial charge in [-0.3, -0.25) is 14.6 Å². The molecular weight excluding hydrogens is 753 g/mol. The number of methoxy groups -OCH3 is 2. The van der Waals surface area contributed by atoms with Crippen LogP contribution in [0.4, 0.5) is 15.3 Å². The van der Waals surface area contributed by atoms with Gasteiger partial charge in [0, 0.05) is 29.9 Å². The number of alkyl carbamates (subject to hydrolysis) is 2. The first-order valence-electron chi connectivity index (χ1n) is 21.2. The minimum Gasteiger partial charge on any atom is -0.453 e. The van der Waals surface area contributed by atoms with Gasteiger partial charge in [-0.25, -0.2) is 14.6 Å². The zero-order valence-electron chi connectivity index (χ0n) is 35.5. The van der Waals surface area contributed by atoms with Crippen LogP contribution in [0.1, 0.15) is 95.3 Å². The lowest BCUT2D eigenvalue weighted by Crippen LogP contribution is -2.53. The van der Waals surface area contributed by atoms with E-state index in [-0.39, 0.29) is 37.0 Å². The quantitative estimate of drug-likeness (QED) is 0.202. The zero-order valence-corrected chi connectivity index (χ0v) is 35.5. The largest absolute Gasteiger partial charge is 0.453 e. The highest BCUT2D eigenvalue weighted by atomic mass is 16.5. The highest BCUT2D eigenvalue weighted by molar-refractivity contribution is 6.04. The van der Waals surface area contributed by atoms with E-state index in [4.69, 9.17) is 14.7 Å². The van der Waals surface area contributed by atoms with Gasteiger partial charge in [-0.05, 0) is 79.2 Å². The number of imidazole rings is 1. The van der Waals surface area contributed by atoms with Crippen LogP contribution in [0.5, 0.6) is 0 Å². The van der Waals surface area contributed by atoms with Gasteiger partial charge in [-0.2, -0.15) is 0 Å². The van der Waals surface area contributed by atoms with Gasteiger partial charge in [0.15, 0.2) is 0 Å². The Bertz CT molecular complexity index is 2040. The Morgan fingerprint density at radius 3 is 2.10 bits per heavy atom. The predicted molar refractivity (Wildman–Crippen MR) is 226 cm³/mol. The van der Waals surface area contributed by atoms with Crippen LogP contribution >= 0.6 is 0 Å². The van der Waals surface area contributed by atoms with E-state index in [1.807, 2.05) is 33.9 Å². The van der Waals surface area contributed by atoms with Crippen LogP contribution in [-0.4, -0.2) is 109 Å². The van der Waals surface area contributed by atoms with Crippen molar-refractivity contribution >= 4 is 35.5 Å². The van der Waals surface area contributed by atoms with Crippen LogP contribution < -0.4 is 16.0 Å². The summed E-state index contributed by atoms with van der Waals surface area (Å²) in [6.07, 6.45) is 6.84. The molecule has 15 heteroatoms. The van der Waals surface area contributed by atoms with Crippen molar-refractivity contribution in [1.82, 2.24) is 30.4 Å². The summed E-state index contributed by atoms with van der Waals surface area (Å²) in [6, 6.07) is 10.5. The van der Waals surface area contributed by atoms with Crippen molar-refractivity contribution in [1.29, 1.82) is 0 Å². The summed E-state index contributed by atoms with van der Waals surface area (Å²) in [4.78, 5) is 66.6. The van der Waals surface area contributed by atoms with Crippen LogP contribution in [0.15, 0.2) is 41.5 Å². The van der Waals surface area contributed by atoms with Crippen molar-refractivity contribution in [3.8, 4) is 22.4 Å². The minimum atomic E-state index is -0.639. The molecule has 4 aliphatic heterocycles. The molecule has 15 nitrogen and oxygen atoms in total. The van der Waals surface area contributed by atoms with Crippen LogP contribution in [0.2, 0.25) is 0 Å². The number of carbonyl (C=O) groups is 4. The normalized spacial score (nSPS) is 20.9. The van der Waals surface area contributed by atoms with E-state index >= 15 is 0 Å². The van der Waals surface area contributed by atoms with Crippen LogP contribution in [0.3, 0.4) is 0 Å². The van der Waals surface area contributed by atoms with Crippen molar-refractivity contribution in [2.45, 2.75) is 97.2 Å². The summed E-state index contributed by atoms with van der Waals surface area (Å²) in [6.45, 7) is 12.2. The second-order valence-corrected chi connectivity index (χ2v) is 15.2. The monoisotopic (exact) mass is 812 g/mol. The molecule has 2 aromatic carbocycles. The maximum Gasteiger partial charge on any atom is 0.407 e. The molecule has 8 rings (SSSR count). The highest BCUT2D eigenvalue weighted by Crippen LogP contribution is 2.45. The number of fused-ring (bicyclic) bond motifs is 3. The number of rotatable bonds is 8. The first-order chi connectivity index (χ1) is 28.7. The van der Waals surface area contributed by atoms with E-state index in [9.17, 15) is 19.2 Å². The molecule has 59 heavy (non-hydrogen) atoms. The molecule has 1 aliphatic carbocycles. The molecule has 3 saturated heterocycles. The number of nitrogens with zero attached hydrogens (tertiary/aromatic N) is 4. The predicted octanol–water partition coefficient (Wildman–Crippen LogP) is 6.34. The number of aromatic amines is 1. The van der Waals surface area contributed by atoms with Gasteiger partial charge in [0.2, 0.25) is 11.8 Å². The molecule has 0 radical (unpaired) electrons. The van der Waals surface area contributed by atoms with E-state index < -0.39 is 17.7 Å². The summed E-state index contributed by atoms with van der Waals surface area (Å²) in [5.74, 6) is 1.68. The maximum absolute atomic E-state index is 13.2. The third kappa shape index (κ3) is 8.80. The van der Waals surface area contributed by atoms with Gasteiger partial charge < -0.3 is 44.9 Å². The molecule has 1 aromatic heterocycles. The molecule has 0 bridgehead atoms. The van der Waals surface area contributed by atoms with Crippen molar-refractivity contribution < 1.29 is 33.4 Å². The van der Waals surface area contributed by atoms with Crippen LogP contribution in [0.25, 0.3) is 22.4 Å². The fraction of sp³-hybridized carbons (Fsp3) is 0.545. The number of aromatic nitrogens is 2. The van der Waals surface area contributed by atoms with Crippen molar-refractivity contribution in [3.63, 3.8) is 0 Å². The number of hydrogen-bond donors (Lipinski definition) is 4. The van der Waals surface area contributed by atoms with Crippen LogP contribution in [0, 0.1) is 5.92 Å². The number of aliphatic imine (C=N–C) groups is 1. The Hall–Kier alpha value is -5.44. The van der Waals surface area contributed by atoms with E-state index in [0.717, 1.165) is 84.7 Å². The number of amidine groups is 1. The standard InChI is InChI=1S/C40H48N8O7.2C2H6/c1-23-8-10-26-27(31-18-41-36(45-31)32-6-4-14-47(32)34(49)19-42-38(51)53-2)12-11-25(28(26)16-23)24-9-13-29-30(17-24)44-37(46-40(29)21-55-22-40)33-7-5-15-48(33)35(50)20-43-39(52)54-3;2*1-2/h9,11-13,17-18,23,32-33H,4-8,10,14-16,19-22H2,1-3H3,(H,41,45)(H,42,51)(H,43,52)(H,44,46);2*1-2H3/t23?,32-,33-;;/m0../s1. The fourth-order valence-corrected chi connectivity index (χ4v) is 8.91. The number of hydrogen-bond acceptors (Lipinski definition) is 10. The molecule has 4 amide bonds. The molecule has 318 valence electrons. The first kappa shape index (κ1) is 43.1. The molecule has 0 saturated carbocycles. The van der Waals surface area contributed by atoms with Gasteiger partial charge in [-0.1, -0.05) is 58.9 Å². The molecule has 5 heterocycles. The van der Waals surface area contributed by atoms with Gasteiger partial charge >= 0.3 is 12.2 Å². The number of carbonyl (C=O) groups excluding carboxylic acids is 4. The van der Waals surface area contributed by atoms with Crippen molar-refractivity contribution in [2.24, 2.45) is 10.9 Å². The number of ether oxygens (including phenoxy) is 3. The fourth-order valence-electron chi connectivity index (χ4n) is 8.91. The maximum atomic E-state index is 13.2. The lowest BCUT2D eigenvalue weighted by Gasteiger charge is -2.44. The smallest absolute Gasteiger partial charge is 0.407 e. The van der Waals surface area contributed by atoms with Gasteiger partial charge in [0.1, 0.15) is 30.3 Å². The zero-order chi connectivity index (χ0) is 42.3. The third-order valence-electron chi connectivity index (χ3n) is 11.8. The average molecular weight is 813 g/mol. The molecule has 1 unspecified atom stereocenters. The number of likely N-dealkylation sites (tertiary alicyclic amines) is 2. The lowest BCUT2D eigenvalue weighted by atomic mass is 9.78. The second-order valence-electron chi connectivity index (χ2n) is 15.2. The summed E-state index contributed by atoms with van der Waals surface area (Å²) in [5.41, 5.74) is 8.52. The topological polar surface area (TPSA) is 180 Å². The molecular formula is C44H60N8O7. The minimum absolute atomic E-state index is 0.125. The Labute approximate surface area is 347 Å². The summed E-state index contributed by atoms with van der Waals surface area (Å²) >= 11 is 0. The van der Waals surface area contributed by atoms with E-state index in [1.165, 1.54) is 30.9 Å². The summed E-state index contributed by atoms with van der Waals surface area (Å²) in [5, 5.41) is 8.65. The number of anilines is 1. The molecule has 4 N–H and O–H groups in total. The lowest BCUT2D eigenvalue weighted by molar-refractivity contribution is -0.131. The molecule has 1 spiro atoms. The molecule has 3 aromatic rings. The van der Waals surface area contributed by atoms with Gasteiger partial charge in [-0.15, -0.1) is 0 Å². The Kier molecular flexibility index (Phi) is 14.0. The molecule has 3 atom stereocenters. The first-order valence-corrected chi connectivity index (χ1v) is 21.2. The van der Waals surface area contributed by atoms with Gasteiger partial charge in [0.05, 0.1) is 51.4 Å².